The first-order chi connectivity index (χ1) is 14.2. The standard InChI is InChI=1S/C23H26N2O4.H2/c1-27-16-8-14-15(9-17(16)28-2)25-20(26)10-18-21-13-7-19-23(14,22(21)25)4-5-24(19)11-12(13)3-6-29-18;/h3,8-9,13,18-19,21-22H,4-7,10-11H2,1-2H3;1H/t13-,18?,19-,21?,22-,23+;/m0./s1. The predicted molar refractivity (Wildman–Crippen MR) is 109 cm³/mol. The summed E-state index contributed by atoms with van der Waals surface area (Å²) in [6, 6.07) is 4.87. The van der Waals surface area contributed by atoms with Crippen molar-refractivity contribution < 1.29 is 20.4 Å². The van der Waals surface area contributed by atoms with Crippen molar-refractivity contribution in [1.82, 2.24) is 4.90 Å². The second-order valence-corrected chi connectivity index (χ2v) is 9.48. The average molecular weight is 396 g/mol. The van der Waals surface area contributed by atoms with Crippen LogP contribution in [0.4, 0.5) is 5.69 Å². The number of anilines is 1. The summed E-state index contributed by atoms with van der Waals surface area (Å²) < 4.78 is 17.6. The molecule has 6 atom stereocenters. The number of rotatable bonds is 2. The van der Waals surface area contributed by atoms with Crippen LogP contribution in [0, 0.1) is 11.8 Å². The minimum Gasteiger partial charge on any atom is -0.493 e. The van der Waals surface area contributed by atoms with Crippen LogP contribution >= 0.6 is 0 Å². The number of carbonyl (C=O) groups excluding carboxylic acids is 1. The van der Waals surface area contributed by atoms with E-state index in [1.807, 2.05) is 6.07 Å². The van der Waals surface area contributed by atoms with Gasteiger partial charge in [0.1, 0.15) is 0 Å². The lowest BCUT2D eigenvalue weighted by molar-refractivity contribution is -0.132. The summed E-state index contributed by atoms with van der Waals surface area (Å²) in [5.74, 6) is 2.57. The molecule has 154 valence electrons. The molecule has 1 aromatic carbocycles. The van der Waals surface area contributed by atoms with E-state index < -0.39 is 0 Å². The first-order valence-corrected chi connectivity index (χ1v) is 10.8. The van der Waals surface area contributed by atoms with Gasteiger partial charge in [-0.15, -0.1) is 0 Å². The fourth-order valence-corrected chi connectivity index (χ4v) is 7.87. The lowest BCUT2D eigenvalue weighted by Gasteiger charge is -2.58. The molecule has 5 heterocycles. The monoisotopic (exact) mass is 396 g/mol. The Hall–Kier alpha value is -2.05. The van der Waals surface area contributed by atoms with Crippen LogP contribution in [0.25, 0.3) is 0 Å². The Morgan fingerprint density at radius 1 is 1.24 bits per heavy atom. The lowest BCUT2D eigenvalue weighted by atomic mass is 9.53. The number of methoxy groups -OCH3 is 2. The van der Waals surface area contributed by atoms with Crippen LogP contribution in [0.2, 0.25) is 0 Å². The molecule has 0 N–H and O–H groups in total. The molecule has 1 spiro atoms. The Labute approximate surface area is 171 Å². The van der Waals surface area contributed by atoms with Gasteiger partial charge < -0.3 is 19.1 Å². The van der Waals surface area contributed by atoms with Gasteiger partial charge in [0.15, 0.2) is 11.5 Å². The van der Waals surface area contributed by atoms with Gasteiger partial charge in [0, 0.05) is 31.4 Å². The van der Waals surface area contributed by atoms with Gasteiger partial charge in [-0.1, -0.05) is 11.6 Å². The van der Waals surface area contributed by atoms with Gasteiger partial charge in [0.2, 0.25) is 5.91 Å². The van der Waals surface area contributed by atoms with E-state index in [2.05, 4.69) is 21.9 Å². The highest BCUT2D eigenvalue weighted by molar-refractivity contribution is 5.99. The smallest absolute Gasteiger partial charge is 0.229 e. The molecule has 6 heteroatoms. The number of hydrogen-bond donors (Lipinski definition) is 0. The molecule has 3 saturated heterocycles. The van der Waals surface area contributed by atoms with Crippen molar-refractivity contribution in [1.29, 1.82) is 0 Å². The van der Waals surface area contributed by atoms with Gasteiger partial charge in [-0.05, 0) is 36.9 Å². The van der Waals surface area contributed by atoms with Crippen LogP contribution in [0.15, 0.2) is 23.8 Å². The van der Waals surface area contributed by atoms with Crippen molar-refractivity contribution in [2.75, 3.05) is 38.8 Å². The second-order valence-electron chi connectivity index (χ2n) is 9.48. The first kappa shape index (κ1) is 16.7. The van der Waals surface area contributed by atoms with Crippen LogP contribution in [-0.2, 0) is 14.9 Å². The van der Waals surface area contributed by atoms with Crippen LogP contribution in [0.5, 0.6) is 11.5 Å². The van der Waals surface area contributed by atoms with Crippen LogP contribution in [0.1, 0.15) is 26.3 Å². The van der Waals surface area contributed by atoms with Gasteiger partial charge in [-0.3, -0.25) is 9.69 Å². The third kappa shape index (κ3) is 1.76. The number of benzene rings is 1. The number of ether oxygens (including phenoxy) is 3. The third-order valence-corrected chi connectivity index (χ3v) is 8.81. The Morgan fingerprint density at radius 3 is 2.90 bits per heavy atom. The molecule has 2 unspecified atom stereocenters. The summed E-state index contributed by atoms with van der Waals surface area (Å²) in [6.07, 6.45) is 5.11. The fourth-order valence-electron chi connectivity index (χ4n) is 7.87. The van der Waals surface area contributed by atoms with Crippen molar-refractivity contribution in [3.8, 4) is 11.5 Å². The van der Waals surface area contributed by atoms with E-state index in [1.54, 1.807) is 19.8 Å². The van der Waals surface area contributed by atoms with Gasteiger partial charge in [-0.2, -0.15) is 0 Å². The topological polar surface area (TPSA) is 51.2 Å². The van der Waals surface area contributed by atoms with E-state index >= 15 is 0 Å². The number of fused-ring (bicyclic) bond motifs is 2. The molecule has 2 bridgehead atoms. The molecule has 1 amide bonds. The first-order valence-electron chi connectivity index (χ1n) is 10.8. The van der Waals surface area contributed by atoms with Crippen LogP contribution < -0.4 is 14.4 Å². The number of hydrogen-bond acceptors (Lipinski definition) is 5. The SMILES string of the molecule is COc1cc2c(cc1OC)[C@@]13CCN4CC5=CCOC6CC(=O)N2[C@H]1C6[C@H]5C[C@H]43.[HH]. The highest BCUT2D eigenvalue weighted by Gasteiger charge is 2.71. The predicted octanol–water partition coefficient (Wildman–Crippen LogP) is 2.36. The number of carbonyl (C=O) groups is 1. The van der Waals surface area contributed by atoms with Gasteiger partial charge in [-0.25, -0.2) is 0 Å². The molecular formula is C23H28N2O4. The molecule has 1 saturated carbocycles. The van der Waals surface area contributed by atoms with E-state index in [1.165, 1.54) is 12.0 Å². The molecular weight excluding hydrogens is 368 g/mol. The summed E-state index contributed by atoms with van der Waals surface area (Å²) in [4.78, 5) is 18.3. The third-order valence-electron chi connectivity index (χ3n) is 8.81. The summed E-state index contributed by atoms with van der Waals surface area (Å²) in [5.41, 5.74) is 3.85. The van der Waals surface area contributed by atoms with E-state index in [4.69, 9.17) is 14.2 Å². The van der Waals surface area contributed by atoms with Crippen molar-refractivity contribution in [2.24, 2.45) is 11.8 Å². The summed E-state index contributed by atoms with van der Waals surface area (Å²) in [7, 11) is 3.36. The number of nitrogens with zero attached hydrogens (tertiary/aromatic N) is 2. The highest BCUT2D eigenvalue weighted by atomic mass is 16.5. The molecule has 7 rings (SSSR count). The molecule has 6 aliphatic rings. The molecule has 29 heavy (non-hydrogen) atoms. The largest absolute Gasteiger partial charge is 0.493 e. The van der Waals surface area contributed by atoms with E-state index in [9.17, 15) is 4.79 Å². The fraction of sp³-hybridized carbons (Fsp3) is 0.609. The van der Waals surface area contributed by atoms with E-state index in [0.29, 0.717) is 36.7 Å². The van der Waals surface area contributed by atoms with Gasteiger partial charge >= 0.3 is 0 Å². The minimum absolute atomic E-state index is 0. The Bertz CT molecular complexity index is 980. The van der Waals surface area contributed by atoms with Crippen molar-refractivity contribution >= 4 is 11.6 Å². The van der Waals surface area contributed by atoms with Crippen LogP contribution in [-0.4, -0.2) is 62.9 Å². The van der Waals surface area contributed by atoms with Gasteiger partial charge in [0.05, 0.1) is 45.1 Å². The molecule has 0 aromatic heterocycles. The van der Waals surface area contributed by atoms with Crippen LogP contribution in [0.3, 0.4) is 0 Å². The molecule has 1 aromatic rings. The van der Waals surface area contributed by atoms with Crippen molar-refractivity contribution in [2.45, 2.75) is 42.9 Å². The maximum atomic E-state index is 13.5. The Balaban J connectivity index is 0.00000175. The zero-order valence-electron chi connectivity index (χ0n) is 16.9. The van der Waals surface area contributed by atoms with Crippen molar-refractivity contribution in [3.63, 3.8) is 0 Å². The average Bonchev–Trinajstić information content (AvgIpc) is 3.20. The zero-order valence-corrected chi connectivity index (χ0v) is 16.9. The van der Waals surface area contributed by atoms with E-state index in [0.717, 1.165) is 30.9 Å². The minimum atomic E-state index is -0.0242. The quantitative estimate of drug-likeness (QED) is 0.719. The molecule has 1 aliphatic carbocycles. The van der Waals surface area contributed by atoms with Gasteiger partial charge in [0.25, 0.3) is 0 Å². The lowest BCUT2D eigenvalue weighted by Crippen LogP contribution is -2.69. The molecule has 0 radical (unpaired) electrons. The summed E-state index contributed by atoms with van der Waals surface area (Å²) in [6.45, 7) is 2.80. The highest BCUT2D eigenvalue weighted by Crippen LogP contribution is 2.66. The molecule has 5 aliphatic heterocycles. The normalized spacial score (nSPS) is 41.0. The summed E-state index contributed by atoms with van der Waals surface area (Å²) in [5, 5.41) is 0. The van der Waals surface area contributed by atoms with Crippen molar-refractivity contribution in [3.05, 3.63) is 29.3 Å². The Kier molecular flexibility index (Phi) is 3.08. The number of amides is 1. The zero-order chi connectivity index (χ0) is 19.5. The molecule has 6 nitrogen and oxygen atoms in total. The number of piperidine rings is 2. The summed E-state index contributed by atoms with van der Waals surface area (Å²) >= 11 is 0. The maximum absolute atomic E-state index is 13.5. The Morgan fingerprint density at radius 2 is 2.07 bits per heavy atom. The van der Waals surface area contributed by atoms with E-state index in [-0.39, 0.29) is 24.9 Å². The molecule has 4 fully saturated rings. The maximum Gasteiger partial charge on any atom is 0.229 e. The second kappa shape index (κ2) is 5.35.